The van der Waals surface area contributed by atoms with Crippen LogP contribution in [-0.2, 0) is 6.61 Å². The van der Waals surface area contributed by atoms with Gasteiger partial charge >= 0.3 is 0 Å². The number of nitrogens with zero attached hydrogens (tertiary/aromatic N) is 2. The fourth-order valence-corrected chi connectivity index (χ4v) is 1.46. The van der Waals surface area contributed by atoms with Crippen LogP contribution in [0.2, 0.25) is 10.0 Å². The highest BCUT2D eigenvalue weighted by Crippen LogP contribution is 2.28. The number of hydrogen-bond acceptors (Lipinski definition) is 4. The molecule has 0 aliphatic heterocycles. The zero-order chi connectivity index (χ0) is 11.5. The molecule has 0 aliphatic carbocycles. The van der Waals surface area contributed by atoms with E-state index < -0.39 is 0 Å². The lowest BCUT2D eigenvalue weighted by molar-refractivity contribution is 0.260. The Morgan fingerprint density at radius 2 is 2.12 bits per heavy atom. The molecular formula is C10H8Cl2N2O2. The van der Waals surface area contributed by atoms with Crippen LogP contribution in [0.3, 0.4) is 0 Å². The molecule has 0 saturated carbocycles. The van der Waals surface area contributed by atoms with Crippen molar-refractivity contribution >= 4 is 23.2 Å². The van der Waals surface area contributed by atoms with Gasteiger partial charge < -0.3 is 9.15 Å². The molecule has 1 aromatic heterocycles. The van der Waals surface area contributed by atoms with Crippen molar-refractivity contribution < 1.29 is 9.15 Å². The molecule has 0 aliphatic rings. The average Bonchev–Trinajstić information content (AvgIpc) is 2.66. The van der Waals surface area contributed by atoms with Gasteiger partial charge in [0.25, 0.3) is 5.89 Å². The minimum absolute atomic E-state index is 0.168. The third kappa shape index (κ3) is 2.65. The Labute approximate surface area is 102 Å². The van der Waals surface area contributed by atoms with Crippen LogP contribution in [0.1, 0.15) is 11.8 Å². The van der Waals surface area contributed by atoms with E-state index in [0.29, 0.717) is 27.6 Å². The molecule has 84 valence electrons. The normalized spacial score (nSPS) is 10.4. The summed E-state index contributed by atoms with van der Waals surface area (Å²) < 4.78 is 10.6. The average molecular weight is 259 g/mol. The van der Waals surface area contributed by atoms with E-state index >= 15 is 0 Å². The zero-order valence-electron chi connectivity index (χ0n) is 8.41. The van der Waals surface area contributed by atoms with Crippen LogP contribution in [0.5, 0.6) is 5.75 Å². The maximum absolute atomic E-state index is 5.92. The number of halogens is 2. The van der Waals surface area contributed by atoms with Gasteiger partial charge in [-0.3, -0.25) is 0 Å². The summed E-state index contributed by atoms with van der Waals surface area (Å²) >= 11 is 11.7. The fourth-order valence-electron chi connectivity index (χ4n) is 1.12. The number of ether oxygens (including phenoxy) is 1. The lowest BCUT2D eigenvalue weighted by Crippen LogP contribution is -1.96. The van der Waals surface area contributed by atoms with Crippen molar-refractivity contribution in [1.29, 1.82) is 0 Å². The Kier molecular flexibility index (Phi) is 3.31. The Morgan fingerprint density at radius 1 is 1.31 bits per heavy atom. The highest BCUT2D eigenvalue weighted by molar-refractivity contribution is 6.34. The summed E-state index contributed by atoms with van der Waals surface area (Å²) in [4.78, 5) is 0. The first-order valence-electron chi connectivity index (χ1n) is 4.52. The number of aryl methyl sites for hydroxylation is 1. The van der Waals surface area contributed by atoms with E-state index in [9.17, 15) is 0 Å². The minimum Gasteiger partial charge on any atom is -0.482 e. The first-order chi connectivity index (χ1) is 7.65. The molecule has 1 heterocycles. The summed E-state index contributed by atoms with van der Waals surface area (Å²) in [7, 11) is 0. The van der Waals surface area contributed by atoms with Gasteiger partial charge in [-0.2, -0.15) is 0 Å². The molecule has 16 heavy (non-hydrogen) atoms. The third-order valence-electron chi connectivity index (χ3n) is 1.81. The molecule has 0 amide bonds. The molecule has 1 aromatic carbocycles. The van der Waals surface area contributed by atoms with Crippen molar-refractivity contribution in [3.63, 3.8) is 0 Å². The fraction of sp³-hybridized carbons (Fsp3) is 0.200. The predicted molar refractivity (Wildman–Crippen MR) is 59.8 cm³/mol. The molecule has 4 nitrogen and oxygen atoms in total. The predicted octanol–water partition coefficient (Wildman–Crippen LogP) is 3.26. The molecule has 0 unspecified atom stereocenters. The van der Waals surface area contributed by atoms with Crippen LogP contribution < -0.4 is 4.74 Å². The van der Waals surface area contributed by atoms with E-state index in [4.69, 9.17) is 32.4 Å². The van der Waals surface area contributed by atoms with Crippen LogP contribution >= 0.6 is 23.2 Å². The van der Waals surface area contributed by atoms with E-state index in [-0.39, 0.29) is 6.61 Å². The summed E-state index contributed by atoms with van der Waals surface area (Å²) in [6.45, 7) is 1.88. The van der Waals surface area contributed by atoms with Gasteiger partial charge in [0.1, 0.15) is 5.75 Å². The van der Waals surface area contributed by atoms with Crippen molar-refractivity contribution in [2.45, 2.75) is 13.5 Å². The molecule has 0 bridgehead atoms. The van der Waals surface area contributed by atoms with Gasteiger partial charge in [-0.1, -0.05) is 23.2 Å². The van der Waals surface area contributed by atoms with Crippen molar-refractivity contribution in [1.82, 2.24) is 10.2 Å². The lowest BCUT2D eigenvalue weighted by atomic mass is 10.3. The molecule has 0 N–H and O–H groups in total. The number of rotatable bonds is 3. The summed E-state index contributed by atoms with van der Waals surface area (Å²) in [5.41, 5.74) is 0. The van der Waals surface area contributed by atoms with Crippen molar-refractivity contribution in [2.75, 3.05) is 0 Å². The van der Waals surface area contributed by atoms with E-state index in [1.165, 1.54) is 0 Å². The molecule has 0 saturated heterocycles. The Bertz CT molecular complexity index is 499. The molecule has 0 radical (unpaired) electrons. The molecular weight excluding hydrogens is 251 g/mol. The summed E-state index contributed by atoms with van der Waals surface area (Å²) in [5, 5.41) is 8.52. The summed E-state index contributed by atoms with van der Waals surface area (Å²) in [6, 6.07) is 4.99. The van der Waals surface area contributed by atoms with Crippen molar-refractivity contribution in [3.8, 4) is 5.75 Å². The van der Waals surface area contributed by atoms with Crippen molar-refractivity contribution in [3.05, 3.63) is 40.0 Å². The second-order valence-corrected chi connectivity index (χ2v) is 3.92. The number of benzene rings is 1. The van der Waals surface area contributed by atoms with Gasteiger partial charge in [-0.25, -0.2) is 0 Å². The maximum Gasteiger partial charge on any atom is 0.253 e. The van der Waals surface area contributed by atoms with Crippen LogP contribution in [0.4, 0.5) is 0 Å². The third-order valence-corrected chi connectivity index (χ3v) is 2.36. The SMILES string of the molecule is Cc1nnc(COc2cc(Cl)ccc2Cl)o1. The second kappa shape index (κ2) is 4.72. The Balaban J connectivity index is 2.07. The molecule has 6 heteroatoms. The molecule has 2 aromatic rings. The van der Waals surface area contributed by atoms with Gasteiger partial charge in [0.2, 0.25) is 5.89 Å². The second-order valence-electron chi connectivity index (χ2n) is 3.08. The molecule has 0 fully saturated rings. The Hall–Kier alpha value is -1.26. The monoisotopic (exact) mass is 258 g/mol. The van der Waals surface area contributed by atoms with Gasteiger partial charge in [0, 0.05) is 18.0 Å². The van der Waals surface area contributed by atoms with Gasteiger partial charge in [0.15, 0.2) is 6.61 Å². The molecule has 0 spiro atoms. The number of hydrogen-bond donors (Lipinski definition) is 0. The van der Waals surface area contributed by atoms with E-state index in [0.717, 1.165) is 0 Å². The van der Waals surface area contributed by atoms with E-state index in [1.807, 2.05) is 0 Å². The van der Waals surface area contributed by atoms with Crippen LogP contribution in [0.25, 0.3) is 0 Å². The minimum atomic E-state index is 0.168. The standard InChI is InChI=1S/C10H8Cl2N2O2/c1-6-13-14-10(16-6)5-15-9-4-7(11)2-3-8(9)12/h2-4H,5H2,1H3. The topological polar surface area (TPSA) is 48.2 Å². The highest BCUT2D eigenvalue weighted by atomic mass is 35.5. The first-order valence-corrected chi connectivity index (χ1v) is 5.27. The van der Waals surface area contributed by atoms with Gasteiger partial charge in [-0.05, 0) is 12.1 Å². The van der Waals surface area contributed by atoms with Crippen LogP contribution in [0, 0.1) is 6.92 Å². The smallest absolute Gasteiger partial charge is 0.253 e. The highest BCUT2D eigenvalue weighted by Gasteiger charge is 2.06. The van der Waals surface area contributed by atoms with Crippen LogP contribution in [0.15, 0.2) is 22.6 Å². The quantitative estimate of drug-likeness (QED) is 0.848. The summed E-state index contributed by atoms with van der Waals surface area (Å²) in [6.07, 6.45) is 0. The maximum atomic E-state index is 5.92. The summed E-state index contributed by atoms with van der Waals surface area (Å²) in [5.74, 6) is 1.38. The van der Waals surface area contributed by atoms with Crippen LogP contribution in [-0.4, -0.2) is 10.2 Å². The first kappa shape index (κ1) is 11.2. The van der Waals surface area contributed by atoms with Crippen molar-refractivity contribution in [2.24, 2.45) is 0 Å². The van der Waals surface area contributed by atoms with E-state index in [2.05, 4.69) is 10.2 Å². The molecule has 2 rings (SSSR count). The Morgan fingerprint density at radius 3 is 2.81 bits per heavy atom. The van der Waals surface area contributed by atoms with E-state index in [1.54, 1.807) is 25.1 Å². The van der Waals surface area contributed by atoms with Gasteiger partial charge in [-0.15, -0.1) is 10.2 Å². The molecule has 0 atom stereocenters. The largest absolute Gasteiger partial charge is 0.482 e. The number of aromatic nitrogens is 2. The lowest BCUT2D eigenvalue weighted by Gasteiger charge is -2.05. The zero-order valence-corrected chi connectivity index (χ0v) is 9.92. The van der Waals surface area contributed by atoms with Gasteiger partial charge in [0.05, 0.1) is 5.02 Å².